The van der Waals surface area contributed by atoms with Crippen molar-refractivity contribution in [1.29, 1.82) is 5.26 Å². The maximum absolute atomic E-state index is 9.89. The number of thiophene rings is 1. The first kappa shape index (κ1) is 26.1. The topological polar surface area (TPSA) is 66.3 Å². The van der Waals surface area contributed by atoms with Gasteiger partial charge >= 0.3 is 0 Å². The smallest absolute Gasteiger partial charge is 0.162 e. The zero-order chi connectivity index (χ0) is 25.5. The van der Waals surface area contributed by atoms with E-state index in [0.717, 1.165) is 69.5 Å². The van der Waals surface area contributed by atoms with E-state index >= 15 is 0 Å². The van der Waals surface area contributed by atoms with Gasteiger partial charge in [0, 0.05) is 29.1 Å². The summed E-state index contributed by atoms with van der Waals surface area (Å²) in [5.41, 5.74) is 2.28. The molecule has 2 spiro atoms. The normalized spacial score (nSPS) is 37.8. The van der Waals surface area contributed by atoms with Crippen LogP contribution >= 0.6 is 34.5 Å². The van der Waals surface area contributed by atoms with Crippen molar-refractivity contribution in [3.05, 3.63) is 56.2 Å². The van der Waals surface area contributed by atoms with Crippen LogP contribution in [0.3, 0.4) is 0 Å². The van der Waals surface area contributed by atoms with Gasteiger partial charge in [-0.1, -0.05) is 29.3 Å². The predicted octanol–water partition coefficient (Wildman–Crippen LogP) is 6.31. The Hall–Kier alpha value is -1.17. The summed E-state index contributed by atoms with van der Waals surface area (Å²) in [6, 6.07) is 10.7. The average Bonchev–Trinajstić information content (AvgIpc) is 3.62. The molecule has 37 heavy (non-hydrogen) atoms. The zero-order valence-electron chi connectivity index (χ0n) is 21.1. The minimum absolute atomic E-state index is 0.100. The Balaban J connectivity index is 1.21. The van der Waals surface area contributed by atoms with Gasteiger partial charge in [0.15, 0.2) is 6.10 Å². The van der Waals surface area contributed by atoms with Crippen LogP contribution in [0.25, 0.3) is 0 Å². The van der Waals surface area contributed by atoms with E-state index in [2.05, 4.69) is 39.6 Å². The first-order chi connectivity index (χ1) is 17.9. The maximum Gasteiger partial charge on any atom is 0.162 e. The van der Waals surface area contributed by atoms with Gasteiger partial charge in [-0.3, -0.25) is 5.32 Å². The summed E-state index contributed by atoms with van der Waals surface area (Å²) in [4.78, 5) is 0. The van der Waals surface area contributed by atoms with Crippen molar-refractivity contribution >= 4 is 34.5 Å². The summed E-state index contributed by atoms with van der Waals surface area (Å²) >= 11 is 14.7. The molecule has 3 saturated heterocycles. The molecule has 8 heteroatoms. The van der Waals surface area contributed by atoms with Gasteiger partial charge in [0.05, 0.1) is 30.5 Å². The number of halogens is 2. The van der Waals surface area contributed by atoms with Crippen LogP contribution in [0.5, 0.6) is 0 Å². The second-order valence-corrected chi connectivity index (χ2v) is 13.4. The fourth-order valence-corrected chi connectivity index (χ4v) is 8.94. The minimum atomic E-state index is -0.395. The molecule has 0 bridgehead atoms. The lowest BCUT2D eigenvalue weighted by molar-refractivity contribution is -0.0650. The van der Waals surface area contributed by atoms with Gasteiger partial charge in [-0.15, -0.1) is 0 Å². The van der Waals surface area contributed by atoms with Crippen LogP contribution in [0, 0.1) is 22.7 Å². The fourth-order valence-electron chi connectivity index (χ4n) is 7.75. The molecule has 198 valence electrons. The van der Waals surface area contributed by atoms with E-state index in [1.807, 2.05) is 12.1 Å². The van der Waals surface area contributed by atoms with Crippen LogP contribution in [0.4, 0.5) is 0 Å². The van der Waals surface area contributed by atoms with E-state index in [0.29, 0.717) is 30.2 Å². The number of nitrogens with zero attached hydrogens (tertiary/aromatic N) is 1. The Morgan fingerprint density at radius 3 is 2.73 bits per heavy atom. The molecule has 1 aromatic heterocycles. The molecule has 0 radical (unpaired) electrons. The van der Waals surface area contributed by atoms with Crippen LogP contribution < -0.4 is 10.6 Å². The second-order valence-electron chi connectivity index (χ2n) is 11.8. The SMILES string of the molecule is N#CC1OC2(CCC(C[C@@]3(Cc4ccc(Cl)cc4Cl)CNC[C@@H]3c3ccsc3)CC2)CC12CCOCN2. The molecule has 0 amide bonds. The van der Waals surface area contributed by atoms with Gasteiger partial charge in [0.1, 0.15) is 0 Å². The van der Waals surface area contributed by atoms with Crippen LogP contribution in [0.15, 0.2) is 35.0 Å². The third kappa shape index (κ3) is 4.98. The molecular weight excluding hydrogens is 525 g/mol. The summed E-state index contributed by atoms with van der Waals surface area (Å²) in [6.45, 7) is 3.20. The predicted molar refractivity (Wildman–Crippen MR) is 148 cm³/mol. The molecule has 1 aliphatic carbocycles. The van der Waals surface area contributed by atoms with Crippen molar-refractivity contribution in [3.8, 4) is 6.07 Å². The Bertz CT molecular complexity index is 1140. The molecule has 4 heterocycles. The lowest BCUT2D eigenvalue weighted by atomic mass is 9.63. The first-order valence-corrected chi connectivity index (χ1v) is 15.2. The molecule has 2 N–H and O–H groups in total. The number of hydrogen-bond donors (Lipinski definition) is 2. The molecular formula is C29H35Cl2N3O2S. The number of nitriles is 1. The molecule has 1 saturated carbocycles. The fraction of sp³-hybridized carbons (Fsp3) is 0.621. The molecule has 4 aliphatic rings. The third-order valence-corrected chi connectivity index (χ3v) is 10.9. The molecule has 6 rings (SSSR count). The van der Waals surface area contributed by atoms with Crippen molar-refractivity contribution < 1.29 is 9.47 Å². The van der Waals surface area contributed by atoms with Crippen molar-refractivity contribution in [1.82, 2.24) is 10.6 Å². The Kier molecular flexibility index (Phi) is 7.35. The lowest BCUT2D eigenvalue weighted by Crippen LogP contribution is -2.55. The second kappa shape index (κ2) is 10.4. The van der Waals surface area contributed by atoms with Gasteiger partial charge in [-0.05, 0) is 103 Å². The maximum atomic E-state index is 9.89. The van der Waals surface area contributed by atoms with E-state index in [1.54, 1.807) is 11.3 Å². The van der Waals surface area contributed by atoms with Crippen molar-refractivity contribution in [2.75, 3.05) is 26.4 Å². The van der Waals surface area contributed by atoms with E-state index < -0.39 is 6.10 Å². The van der Waals surface area contributed by atoms with E-state index in [1.165, 1.54) is 11.1 Å². The largest absolute Gasteiger partial charge is 0.366 e. The Morgan fingerprint density at radius 1 is 1.16 bits per heavy atom. The Morgan fingerprint density at radius 2 is 2.03 bits per heavy atom. The average molecular weight is 561 g/mol. The number of benzene rings is 1. The van der Waals surface area contributed by atoms with Crippen LogP contribution in [-0.4, -0.2) is 43.7 Å². The highest BCUT2D eigenvalue weighted by Crippen LogP contribution is 2.54. The minimum Gasteiger partial charge on any atom is -0.366 e. The zero-order valence-corrected chi connectivity index (χ0v) is 23.4. The number of hydrogen-bond acceptors (Lipinski definition) is 6. The number of rotatable bonds is 5. The molecule has 2 aromatic rings. The van der Waals surface area contributed by atoms with Crippen LogP contribution in [-0.2, 0) is 15.9 Å². The van der Waals surface area contributed by atoms with E-state index in [-0.39, 0.29) is 16.6 Å². The summed E-state index contributed by atoms with van der Waals surface area (Å²) in [7, 11) is 0. The summed E-state index contributed by atoms with van der Waals surface area (Å²) in [6.07, 6.45) is 7.78. The summed E-state index contributed by atoms with van der Waals surface area (Å²) in [5.74, 6) is 1.09. The first-order valence-electron chi connectivity index (χ1n) is 13.5. The standard InChI is InChI=1S/C29H35Cl2N3O2S/c30-23-2-1-21(25(31)11-23)13-27(18-33-15-24(27)22-5-10-37-16-22)12-20-3-6-28(7-4-20)17-29(26(14-32)36-28)8-9-35-19-34-29/h1-2,5,10-11,16,20,24,26,33-34H,3-4,6-9,12-13,15,17-19H2/t20?,24-,26?,27-,28?,29?/m1/s1. The van der Waals surface area contributed by atoms with Crippen LogP contribution in [0.2, 0.25) is 10.0 Å². The molecule has 1 aromatic carbocycles. The Labute approximate surface area is 233 Å². The van der Waals surface area contributed by atoms with Crippen molar-refractivity contribution in [2.45, 2.75) is 74.5 Å². The van der Waals surface area contributed by atoms with Gasteiger partial charge < -0.3 is 14.8 Å². The van der Waals surface area contributed by atoms with Gasteiger partial charge in [0.2, 0.25) is 0 Å². The third-order valence-electron chi connectivity index (χ3n) is 9.62. The highest BCUT2D eigenvalue weighted by Gasteiger charge is 2.57. The molecule has 4 fully saturated rings. The van der Waals surface area contributed by atoms with Gasteiger partial charge in [-0.2, -0.15) is 16.6 Å². The van der Waals surface area contributed by atoms with Crippen LogP contribution in [0.1, 0.15) is 62.0 Å². The van der Waals surface area contributed by atoms with Crippen molar-refractivity contribution in [3.63, 3.8) is 0 Å². The lowest BCUT2D eigenvalue weighted by Gasteiger charge is -2.43. The quantitative estimate of drug-likeness (QED) is 0.449. The number of ether oxygens (including phenoxy) is 2. The van der Waals surface area contributed by atoms with Gasteiger partial charge in [-0.25, -0.2) is 0 Å². The highest BCUT2D eigenvalue weighted by molar-refractivity contribution is 7.08. The molecule has 4 atom stereocenters. The van der Waals surface area contributed by atoms with E-state index in [4.69, 9.17) is 32.7 Å². The van der Waals surface area contributed by atoms with E-state index in [9.17, 15) is 5.26 Å². The van der Waals surface area contributed by atoms with Crippen molar-refractivity contribution in [2.24, 2.45) is 11.3 Å². The monoisotopic (exact) mass is 559 g/mol. The molecule has 3 aliphatic heterocycles. The number of nitrogens with one attached hydrogen (secondary N) is 2. The molecule has 2 unspecified atom stereocenters. The molecule has 5 nitrogen and oxygen atoms in total. The van der Waals surface area contributed by atoms with Gasteiger partial charge in [0.25, 0.3) is 0 Å². The highest BCUT2D eigenvalue weighted by atomic mass is 35.5. The summed E-state index contributed by atoms with van der Waals surface area (Å²) in [5, 5.41) is 23.1. The summed E-state index contributed by atoms with van der Waals surface area (Å²) < 4.78 is 12.1.